The van der Waals surface area contributed by atoms with Crippen LogP contribution in [0.5, 0.6) is 0 Å². The van der Waals surface area contributed by atoms with Crippen molar-refractivity contribution in [3.05, 3.63) is 59.9 Å². The highest BCUT2D eigenvalue weighted by atomic mass is 32.2. The second-order valence-electron chi connectivity index (χ2n) is 7.27. The number of anilines is 1. The Morgan fingerprint density at radius 2 is 1.72 bits per heavy atom. The van der Waals surface area contributed by atoms with Gasteiger partial charge in [-0.2, -0.15) is 0 Å². The van der Waals surface area contributed by atoms with Crippen LogP contribution >= 0.6 is 11.8 Å². The molecule has 5 nitrogen and oxygen atoms in total. The average molecular weight is 417 g/mol. The van der Waals surface area contributed by atoms with E-state index in [9.17, 15) is 14.0 Å². The van der Waals surface area contributed by atoms with Crippen molar-refractivity contribution >= 4 is 29.3 Å². The van der Waals surface area contributed by atoms with Crippen molar-refractivity contribution in [1.29, 1.82) is 0 Å². The number of thioether (sulfide) groups is 1. The molecule has 0 unspecified atom stereocenters. The number of hydrogen-bond acceptors (Lipinski definition) is 3. The second-order valence-corrected chi connectivity index (χ2v) is 8.44. The maximum Gasteiger partial charge on any atom is 0.279 e. The molecule has 1 fully saturated rings. The Hall–Kier alpha value is -2.38. The molecule has 1 aliphatic heterocycles. The highest BCUT2D eigenvalue weighted by molar-refractivity contribution is 7.99. The van der Waals surface area contributed by atoms with Crippen molar-refractivity contribution in [3.8, 4) is 0 Å². The van der Waals surface area contributed by atoms with Crippen LogP contribution in [-0.2, 0) is 9.59 Å². The Morgan fingerprint density at radius 3 is 2.38 bits per heavy atom. The molecule has 2 aromatic rings. The number of amides is 2. The molecular weight excluding hydrogens is 389 g/mol. The molecular formula is C22H27FN3O2S+. The number of piperazine rings is 1. The van der Waals surface area contributed by atoms with Crippen molar-refractivity contribution in [2.75, 3.05) is 43.8 Å². The minimum Gasteiger partial charge on any atom is -0.331 e. The molecule has 0 aromatic heterocycles. The third-order valence-electron chi connectivity index (χ3n) is 4.97. The summed E-state index contributed by atoms with van der Waals surface area (Å²) < 4.78 is 12.9. The van der Waals surface area contributed by atoms with Crippen molar-refractivity contribution < 1.29 is 18.9 Å². The van der Waals surface area contributed by atoms with E-state index in [1.807, 2.05) is 4.90 Å². The van der Waals surface area contributed by atoms with E-state index in [1.54, 1.807) is 23.9 Å². The van der Waals surface area contributed by atoms with Gasteiger partial charge in [0.1, 0.15) is 5.82 Å². The van der Waals surface area contributed by atoms with Gasteiger partial charge in [-0.25, -0.2) is 4.39 Å². The van der Waals surface area contributed by atoms with E-state index in [0.717, 1.165) is 23.7 Å². The molecule has 0 radical (unpaired) electrons. The first-order chi connectivity index (χ1) is 14.0. The second kappa shape index (κ2) is 10.4. The Kier molecular flexibility index (Phi) is 7.66. The topological polar surface area (TPSA) is 53.9 Å². The molecule has 0 atom stereocenters. The zero-order valence-corrected chi connectivity index (χ0v) is 17.4. The van der Waals surface area contributed by atoms with Gasteiger partial charge in [0.25, 0.3) is 5.91 Å². The highest BCUT2D eigenvalue weighted by Crippen LogP contribution is 2.19. The van der Waals surface area contributed by atoms with Gasteiger partial charge in [0.2, 0.25) is 5.91 Å². The van der Waals surface area contributed by atoms with E-state index >= 15 is 0 Å². The smallest absolute Gasteiger partial charge is 0.279 e. The summed E-state index contributed by atoms with van der Waals surface area (Å²) in [6.07, 6.45) is 0.527. The van der Waals surface area contributed by atoms with Gasteiger partial charge in [-0.05, 0) is 43.3 Å². The largest absolute Gasteiger partial charge is 0.331 e. The lowest BCUT2D eigenvalue weighted by Crippen LogP contribution is -3.15. The summed E-state index contributed by atoms with van der Waals surface area (Å²) >= 11 is 1.70. The van der Waals surface area contributed by atoms with Crippen molar-refractivity contribution in [3.63, 3.8) is 0 Å². The Balaban J connectivity index is 1.34. The van der Waals surface area contributed by atoms with Crippen LogP contribution in [0.25, 0.3) is 0 Å². The molecule has 1 aliphatic rings. The summed E-state index contributed by atoms with van der Waals surface area (Å²) in [5.74, 6) is 0.529. The number of carbonyl (C=O) groups excluding carboxylic acids is 2. The van der Waals surface area contributed by atoms with Crippen LogP contribution in [0.15, 0.2) is 53.4 Å². The Bertz CT molecular complexity index is 819. The lowest BCUT2D eigenvalue weighted by atomic mass is 10.2. The van der Waals surface area contributed by atoms with Crippen molar-refractivity contribution in [1.82, 2.24) is 4.90 Å². The molecule has 2 N–H and O–H groups in total. The molecule has 7 heteroatoms. The van der Waals surface area contributed by atoms with Gasteiger partial charge in [-0.15, -0.1) is 11.8 Å². The molecule has 0 aliphatic carbocycles. The molecule has 29 heavy (non-hydrogen) atoms. The van der Waals surface area contributed by atoms with E-state index in [0.29, 0.717) is 31.7 Å². The van der Waals surface area contributed by atoms with Gasteiger partial charge in [-0.3, -0.25) is 9.59 Å². The zero-order valence-electron chi connectivity index (χ0n) is 16.6. The summed E-state index contributed by atoms with van der Waals surface area (Å²) in [6.45, 7) is 5.27. The van der Waals surface area contributed by atoms with Crippen LogP contribution in [0.1, 0.15) is 12.0 Å². The summed E-state index contributed by atoms with van der Waals surface area (Å²) in [4.78, 5) is 28.8. The van der Waals surface area contributed by atoms with Crippen LogP contribution in [0, 0.1) is 12.7 Å². The van der Waals surface area contributed by atoms with Crippen LogP contribution in [0.4, 0.5) is 10.1 Å². The number of hydrogen-bond donors (Lipinski definition) is 2. The molecule has 154 valence electrons. The lowest BCUT2D eigenvalue weighted by Gasteiger charge is -2.32. The fourth-order valence-corrected chi connectivity index (χ4v) is 4.10. The first-order valence-corrected chi connectivity index (χ1v) is 10.8. The van der Waals surface area contributed by atoms with Gasteiger partial charge in [-0.1, -0.05) is 17.7 Å². The standard InChI is InChI=1S/C22H26FN3O2S/c1-17-2-8-20(9-3-17)29-15-10-22(28)26-13-11-25(12-14-26)16-21(27)24-19-6-4-18(23)5-7-19/h2-9H,10-16H2,1H3,(H,24,27)/p+1. The van der Waals surface area contributed by atoms with Gasteiger partial charge in [0.05, 0.1) is 26.2 Å². The molecule has 0 saturated carbocycles. The monoisotopic (exact) mass is 416 g/mol. The van der Waals surface area contributed by atoms with Crippen molar-refractivity contribution in [2.24, 2.45) is 0 Å². The van der Waals surface area contributed by atoms with Gasteiger partial charge < -0.3 is 15.1 Å². The highest BCUT2D eigenvalue weighted by Gasteiger charge is 2.25. The summed E-state index contributed by atoms with van der Waals surface area (Å²) in [7, 11) is 0. The van der Waals surface area contributed by atoms with Gasteiger partial charge in [0.15, 0.2) is 6.54 Å². The number of nitrogens with one attached hydrogen (secondary N) is 2. The molecule has 2 amide bonds. The van der Waals surface area contributed by atoms with Crippen LogP contribution in [0.3, 0.4) is 0 Å². The normalized spacial score (nSPS) is 14.6. The van der Waals surface area contributed by atoms with E-state index in [-0.39, 0.29) is 17.6 Å². The minimum atomic E-state index is -0.327. The van der Waals surface area contributed by atoms with Crippen LogP contribution < -0.4 is 10.2 Å². The number of benzene rings is 2. The number of nitrogens with zero attached hydrogens (tertiary/aromatic N) is 1. The predicted molar refractivity (Wildman–Crippen MR) is 114 cm³/mol. The molecule has 0 spiro atoms. The zero-order chi connectivity index (χ0) is 20.6. The molecule has 2 aromatic carbocycles. The number of rotatable bonds is 7. The molecule has 1 saturated heterocycles. The summed E-state index contributed by atoms with van der Waals surface area (Å²) in [5.41, 5.74) is 1.83. The summed E-state index contributed by atoms with van der Waals surface area (Å²) in [6, 6.07) is 14.1. The molecule has 1 heterocycles. The summed E-state index contributed by atoms with van der Waals surface area (Å²) in [5, 5.41) is 2.79. The van der Waals surface area contributed by atoms with Crippen molar-refractivity contribution in [2.45, 2.75) is 18.2 Å². The van der Waals surface area contributed by atoms with E-state index in [2.05, 4.69) is 36.5 Å². The van der Waals surface area contributed by atoms with E-state index in [4.69, 9.17) is 0 Å². The lowest BCUT2D eigenvalue weighted by molar-refractivity contribution is -0.895. The quantitative estimate of drug-likeness (QED) is 0.679. The van der Waals surface area contributed by atoms with Gasteiger partial charge >= 0.3 is 0 Å². The molecule has 3 rings (SSSR count). The SMILES string of the molecule is Cc1ccc(SCCC(=O)N2CC[NH+](CC(=O)Nc3ccc(F)cc3)CC2)cc1. The number of halogens is 1. The third kappa shape index (κ3) is 6.87. The number of aryl methyl sites for hydroxylation is 1. The van der Waals surface area contributed by atoms with Gasteiger partial charge in [0, 0.05) is 22.8 Å². The maximum absolute atomic E-state index is 12.9. The average Bonchev–Trinajstić information content (AvgIpc) is 2.71. The van der Waals surface area contributed by atoms with E-state index < -0.39 is 0 Å². The maximum atomic E-state index is 12.9. The number of carbonyl (C=O) groups is 2. The fourth-order valence-electron chi connectivity index (χ4n) is 3.26. The molecule has 0 bridgehead atoms. The first-order valence-electron chi connectivity index (χ1n) is 9.86. The Labute approximate surface area is 175 Å². The predicted octanol–water partition coefficient (Wildman–Crippen LogP) is 1.98. The fraction of sp³-hybridized carbons (Fsp3) is 0.364. The van der Waals surface area contributed by atoms with Crippen LogP contribution in [-0.4, -0.2) is 55.2 Å². The van der Waals surface area contributed by atoms with E-state index in [1.165, 1.54) is 22.6 Å². The third-order valence-corrected chi connectivity index (χ3v) is 5.98. The Morgan fingerprint density at radius 1 is 1.07 bits per heavy atom. The number of quaternary nitrogens is 1. The first kappa shape index (κ1) is 21.3. The minimum absolute atomic E-state index is 0.0964. The van der Waals surface area contributed by atoms with Crippen LogP contribution in [0.2, 0.25) is 0 Å².